The number of fused-ring (bicyclic) bond motifs is 2. The minimum absolute atomic E-state index is 0.0211. The van der Waals surface area contributed by atoms with E-state index < -0.39 is 22.1 Å². The van der Waals surface area contributed by atoms with E-state index >= 15 is 0 Å². The van der Waals surface area contributed by atoms with Gasteiger partial charge in [-0.25, -0.2) is 13.4 Å². The molecule has 2 aromatic heterocycles. The number of carbonyl (C=O) groups is 1. The van der Waals surface area contributed by atoms with E-state index in [0.29, 0.717) is 6.42 Å². The molecule has 0 radical (unpaired) electrons. The number of aromatic nitrogens is 4. The average Bonchev–Trinajstić information content (AvgIpc) is 3.48. The first-order valence-corrected chi connectivity index (χ1v) is 12.9. The molecule has 10 nitrogen and oxygen atoms in total. The van der Waals surface area contributed by atoms with Crippen molar-refractivity contribution in [1.82, 2.24) is 24.4 Å². The molecule has 1 atom stereocenters. The van der Waals surface area contributed by atoms with Gasteiger partial charge in [0.2, 0.25) is 21.3 Å². The zero-order valence-corrected chi connectivity index (χ0v) is 20.5. The fourth-order valence-corrected chi connectivity index (χ4v) is 5.58. The molecule has 0 spiro atoms. The maximum absolute atomic E-state index is 13.2. The number of rotatable bonds is 5. The minimum atomic E-state index is -3.82. The maximum atomic E-state index is 13.2. The van der Waals surface area contributed by atoms with Crippen molar-refractivity contribution in [2.24, 2.45) is 7.05 Å². The predicted octanol–water partition coefficient (Wildman–Crippen LogP) is 1.53. The molecule has 3 heterocycles. The molecule has 2 aromatic carbocycles. The summed E-state index contributed by atoms with van der Waals surface area (Å²) in [5.74, 6) is 5.43. The standard InChI is InChI=1S/C25H24N6O4S/c1-29-21-22(28-24(29)36(34,35)14-12-17-7-4-3-5-8-17)31(25(33)30(2)23(21)32)13-6-9-18-10-11-19-20(15-18)27-16-26-19/h3-5,7-8,10-11,15-16,25,33H,12-14H2,1-2H3,(H,26,27). The van der Waals surface area contributed by atoms with Crippen LogP contribution in [0.25, 0.3) is 11.0 Å². The number of imidazole rings is 2. The third-order valence-electron chi connectivity index (χ3n) is 6.14. The smallest absolute Gasteiger partial charge is 0.277 e. The number of anilines is 1. The Morgan fingerprint density at radius 3 is 2.69 bits per heavy atom. The first-order valence-electron chi connectivity index (χ1n) is 11.2. The summed E-state index contributed by atoms with van der Waals surface area (Å²) in [5, 5.41) is 10.6. The van der Waals surface area contributed by atoms with Crippen LogP contribution in [0, 0.1) is 11.8 Å². The third kappa shape index (κ3) is 4.21. The van der Waals surface area contributed by atoms with Gasteiger partial charge >= 0.3 is 0 Å². The fraction of sp³-hybridized carbons (Fsp3) is 0.240. The molecule has 0 fully saturated rings. The lowest BCUT2D eigenvalue weighted by atomic mass is 10.2. The summed E-state index contributed by atoms with van der Waals surface area (Å²) in [6.45, 7) is 0.0211. The number of aliphatic hydroxyl groups excluding tert-OH is 1. The monoisotopic (exact) mass is 504 g/mol. The van der Waals surface area contributed by atoms with Gasteiger partial charge in [0.15, 0.2) is 11.5 Å². The molecule has 1 aliphatic rings. The van der Waals surface area contributed by atoms with Crippen molar-refractivity contribution in [1.29, 1.82) is 0 Å². The SMILES string of the molecule is CN1C(=O)c2c(nc(S(=O)(=O)CCc3ccccc3)n2C)N(CC#Cc2ccc3nc[nH]c3c2)C1O. The van der Waals surface area contributed by atoms with Crippen LogP contribution in [-0.4, -0.2) is 69.5 Å². The summed E-state index contributed by atoms with van der Waals surface area (Å²) < 4.78 is 27.6. The highest BCUT2D eigenvalue weighted by Gasteiger charge is 2.40. The second kappa shape index (κ2) is 9.14. The molecule has 184 valence electrons. The Hall–Kier alpha value is -4.14. The van der Waals surface area contributed by atoms with Crippen molar-refractivity contribution < 1.29 is 18.3 Å². The number of H-pyrrole nitrogens is 1. The van der Waals surface area contributed by atoms with Gasteiger partial charge in [0, 0.05) is 19.7 Å². The molecule has 5 rings (SSSR count). The number of aromatic amines is 1. The summed E-state index contributed by atoms with van der Waals surface area (Å²) in [7, 11) is -0.879. The molecule has 1 aliphatic heterocycles. The van der Waals surface area contributed by atoms with Gasteiger partial charge < -0.3 is 19.6 Å². The zero-order valence-electron chi connectivity index (χ0n) is 19.7. The number of aliphatic hydroxyl groups is 1. The number of benzene rings is 2. The van der Waals surface area contributed by atoms with Crippen LogP contribution in [0.2, 0.25) is 0 Å². The van der Waals surface area contributed by atoms with E-state index in [-0.39, 0.29) is 29.0 Å². The Morgan fingerprint density at radius 1 is 1.14 bits per heavy atom. The van der Waals surface area contributed by atoms with Crippen LogP contribution in [0.15, 0.2) is 60.0 Å². The van der Waals surface area contributed by atoms with Gasteiger partial charge in [0.25, 0.3) is 5.91 Å². The number of carbonyl (C=O) groups excluding carboxylic acids is 1. The molecule has 36 heavy (non-hydrogen) atoms. The Balaban J connectivity index is 1.45. The number of nitrogens with zero attached hydrogens (tertiary/aromatic N) is 5. The van der Waals surface area contributed by atoms with Gasteiger partial charge in [-0.05, 0) is 30.2 Å². The van der Waals surface area contributed by atoms with E-state index in [4.69, 9.17) is 0 Å². The van der Waals surface area contributed by atoms with Gasteiger partial charge in [0.05, 0.1) is 29.7 Å². The van der Waals surface area contributed by atoms with Gasteiger partial charge in [-0.1, -0.05) is 42.2 Å². The number of sulfone groups is 1. The first kappa shape index (κ1) is 23.6. The highest BCUT2D eigenvalue weighted by molar-refractivity contribution is 7.91. The molecule has 0 aliphatic carbocycles. The molecule has 2 N–H and O–H groups in total. The maximum Gasteiger partial charge on any atom is 0.277 e. The normalized spacial score (nSPS) is 15.6. The summed E-state index contributed by atoms with van der Waals surface area (Å²) in [4.78, 5) is 27.0. The fourth-order valence-electron chi connectivity index (χ4n) is 4.16. The first-order chi connectivity index (χ1) is 17.3. The Morgan fingerprint density at radius 2 is 1.92 bits per heavy atom. The molecular weight excluding hydrogens is 480 g/mol. The third-order valence-corrected chi connectivity index (χ3v) is 7.80. The van der Waals surface area contributed by atoms with E-state index in [1.807, 2.05) is 48.5 Å². The lowest BCUT2D eigenvalue weighted by Gasteiger charge is -2.37. The van der Waals surface area contributed by atoms with Crippen LogP contribution in [0.1, 0.15) is 21.6 Å². The van der Waals surface area contributed by atoms with Crippen molar-refractivity contribution in [3.05, 3.63) is 71.7 Å². The molecular formula is C25H24N6O4S. The molecule has 0 bridgehead atoms. The molecule has 11 heteroatoms. The molecule has 1 amide bonds. The minimum Gasteiger partial charge on any atom is -0.356 e. The highest BCUT2D eigenvalue weighted by Crippen LogP contribution is 2.31. The van der Waals surface area contributed by atoms with Crippen molar-refractivity contribution in [2.45, 2.75) is 17.9 Å². The largest absolute Gasteiger partial charge is 0.356 e. The van der Waals surface area contributed by atoms with Crippen LogP contribution < -0.4 is 4.90 Å². The van der Waals surface area contributed by atoms with Gasteiger partial charge in [-0.15, -0.1) is 0 Å². The highest BCUT2D eigenvalue weighted by atomic mass is 32.2. The van der Waals surface area contributed by atoms with Crippen molar-refractivity contribution in [3.63, 3.8) is 0 Å². The summed E-state index contributed by atoms with van der Waals surface area (Å²) in [6, 6.07) is 14.8. The zero-order chi connectivity index (χ0) is 25.4. The van der Waals surface area contributed by atoms with Crippen molar-refractivity contribution in [2.75, 3.05) is 24.2 Å². The van der Waals surface area contributed by atoms with Gasteiger partial charge in [-0.3, -0.25) is 9.69 Å². The Kier molecular flexibility index (Phi) is 5.99. The van der Waals surface area contributed by atoms with Crippen LogP contribution in [0.4, 0.5) is 5.82 Å². The lowest BCUT2D eigenvalue weighted by molar-refractivity contribution is 0.0139. The Labute approximate surface area is 208 Å². The van der Waals surface area contributed by atoms with E-state index in [0.717, 1.165) is 27.1 Å². The summed E-state index contributed by atoms with van der Waals surface area (Å²) in [5.41, 5.74) is 3.39. The van der Waals surface area contributed by atoms with Gasteiger partial charge in [0.1, 0.15) is 0 Å². The summed E-state index contributed by atoms with van der Waals surface area (Å²) in [6.07, 6.45) is 0.573. The van der Waals surface area contributed by atoms with Crippen molar-refractivity contribution >= 4 is 32.6 Å². The van der Waals surface area contributed by atoms with E-state index in [1.165, 1.54) is 23.6 Å². The van der Waals surface area contributed by atoms with Crippen LogP contribution >= 0.6 is 0 Å². The number of amides is 1. The number of hydrogen-bond donors (Lipinski definition) is 2. The Bertz CT molecular complexity index is 1610. The molecule has 0 saturated carbocycles. The second-order valence-electron chi connectivity index (χ2n) is 8.51. The number of nitrogens with one attached hydrogen (secondary N) is 1. The van der Waals surface area contributed by atoms with Crippen LogP contribution in [-0.2, 0) is 23.3 Å². The molecule has 1 unspecified atom stereocenters. The molecule has 4 aromatic rings. The van der Waals surface area contributed by atoms with E-state index in [1.54, 1.807) is 6.33 Å². The number of aryl methyl sites for hydroxylation is 1. The summed E-state index contributed by atoms with van der Waals surface area (Å²) >= 11 is 0. The van der Waals surface area contributed by atoms with E-state index in [2.05, 4.69) is 26.8 Å². The van der Waals surface area contributed by atoms with E-state index in [9.17, 15) is 18.3 Å². The topological polar surface area (TPSA) is 124 Å². The average molecular weight is 505 g/mol. The number of hydrogen-bond acceptors (Lipinski definition) is 7. The van der Waals surface area contributed by atoms with Crippen LogP contribution in [0.5, 0.6) is 0 Å². The second-order valence-corrected chi connectivity index (χ2v) is 10.5. The quantitative estimate of drug-likeness (QED) is 0.395. The van der Waals surface area contributed by atoms with Gasteiger partial charge in [-0.2, -0.15) is 4.98 Å². The predicted molar refractivity (Wildman–Crippen MR) is 134 cm³/mol. The lowest BCUT2D eigenvalue weighted by Crippen LogP contribution is -2.54. The van der Waals surface area contributed by atoms with Crippen molar-refractivity contribution in [3.8, 4) is 11.8 Å². The molecule has 0 saturated heterocycles. The van der Waals surface area contributed by atoms with Crippen LogP contribution in [0.3, 0.4) is 0 Å².